The largest absolute Gasteiger partial charge is 0.309 e. The molecule has 1 aromatic heterocycles. The van der Waals surface area contributed by atoms with E-state index >= 15 is 0 Å². The lowest BCUT2D eigenvalue weighted by atomic mass is 10.1. The first-order chi connectivity index (χ1) is 9.74. The van der Waals surface area contributed by atoms with Gasteiger partial charge in [0.2, 0.25) is 0 Å². The standard InChI is InChI=1S/C16H24N4/c1-4-11-20-18-15(12-17-13(3)5-2)16(19-20)14-9-7-6-8-10-14/h6-10,13,17H,4-5,11-12H2,1-3H3. The highest BCUT2D eigenvalue weighted by Crippen LogP contribution is 2.20. The van der Waals surface area contributed by atoms with Gasteiger partial charge in [0.25, 0.3) is 0 Å². The molecule has 2 rings (SSSR count). The van der Waals surface area contributed by atoms with Crippen LogP contribution in [-0.2, 0) is 13.1 Å². The Bertz CT molecular complexity index is 519. The zero-order chi connectivity index (χ0) is 14.4. The quantitative estimate of drug-likeness (QED) is 0.841. The number of aromatic nitrogens is 3. The van der Waals surface area contributed by atoms with Crippen molar-refractivity contribution >= 4 is 0 Å². The zero-order valence-electron chi connectivity index (χ0n) is 12.6. The van der Waals surface area contributed by atoms with Crippen LogP contribution in [0.3, 0.4) is 0 Å². The summed E-state index contributed by atoms with van der Waals surface area (Å²) in [6.45, 7) is 8.15. The summed E-state index contributed by atoms with van der Waals surface area (Å²) in [6.07, 6.45) is 2.16. The monoisotopic (exact) mass is 272 g/mol. The maximum absolute atomic E-state index is 4.64. The van der Waals surface area contributed by atoms with Gasteiger partial charge in [0.1, 0.15) is 11.4 Å². The highest BCUT2D eigenvalue weighted by molar-refractivity contribution is 5.60. The molecular weight excluding hydrogens is 248 g/mol. The fourth-order valence-corrected chi connectivity index (χ4v) is 2.04. The number of hydrogen-bond acceptors (Lipinski definition) is 3. The van der Waals surface area contributed by atoms with Crippen molar-refractivity contribution in [2.45, 2.75) is 52.7 Å². The molecule has 0 fully saturated rings. The predicted molar refractivity (Wildman–Crippen MR) is 82.3 cm³/mol. The fourth-order valence-electron chi connectivity index (χ4n) is 2.04. The van der Waals surface area contributed by atoms with Gasteiger partial charge in [-0.15, -0.1) is 0 Å². The van der Waals surface area contributed by atoms with Gasteiger partial charge in [0, 0.05) is 18.2 Å². The van der Waals surface area contributed by atoms with E-state index in [4.69, 9.17) is 0 Å². The summed E-state index contributed by atoms with van der Waals surface area (Å²) in [5.41, 5.74) is 3.16. The van der Waals surface area contributed by atoms with Crippen LogP contribution >= 0.6 is 0 Å². The number of rotatable bonds is 7. The SMILES string of the molecule is CCCn1nc(CNC(C)CC)c(-c2ccccc2)n1. The molecule has 0 bridgehead atoms. The summed E-state index contributed by atoms with van der Waals surface area (Å²) in [5, 5.41) is 12.8. The number of nitrogens with zero attached hydrogens (tertiary/aromatic N) is 3. The second-order valence-corrected chi connectivity index (χ2v) is 5.15. The van der Waals surface area contributed by atoms with E-state index in [0.717, 1.165) is 42.9 Å². The smallest absolute Gasteiger partial charge is 0.117 e. The van der Waals surface area contributed by atoms with Crippen molar-refractivity contribution in [3.8, 4) is 11.3 Å². The van der Waals surface area contributed by atoms with Gasteiger partial charge in [-0.05, 0) is 19.8 Å². The van der Waals surface area contributed by atoms with Crippen LogP contribution in [0.5, 0.6) is 0 Å². The van der Waals surface area contributed by atoms with Crippen LogP contribution in [0.2, 0.25) is 0 Å². The molecule has 1 aromatic carbocycles. The van der Waals surface area contributed by atoms with Crippen molar-refractivity contribution < 1.29 is 0 Å². The minimum atomic E-state index is 0.495. The van der Waals surface area contributed by atoms with Gasteiger partial charge in [0.05, 0.1) is 6.54 Å². The molecule has 0 aliphatic rings. The Balaban J connectivity index is 2.24. The maximum Gasteiger partial charge on any atom is 0.117 e. The van der Waals surface area contributed by atoms with Crippen molar-refractivity contribution in [1.82, 2.24) is 20.3 Å². The van der Waals surface area contributed by atoms with Gasteiger partial charge in [-0.25, -0.2) is 0 Å². The topological polar surface area (TPSA) is 42.7 Å². The normalized spacial score (nSPS) is 12.6. The predicted octanol–water partition coefficient (Wildman–Crippen LogP) is 3.24. The minimum Gasteiger partial charge on any atom is -0.309 e. The molecule has 1 heterocycles. The van der Waals surface area contributed by atoms with E-state index in [9.17, 15) is 0 Å². The maximum atomic E-state index is 4.64. The Hall–Kier alpha value is -1.68. The van der Waals surface area contributed by atoms with Gasteiger partial charge in [-0.3, -0.25) is 0 Å². The zero-order valence-corrected chi connectivity index (χ0v) is 12.6. The van der Waals surface area contributed by atoms with E-state index in [1.54, 1.807) is 0 Å². The molecule has 108 valence electrons. The molecular formula is C16H24N4. The molecule has 0 aliphatic heterocycles. The molecule has 0 radical (unpaired) electrons. The molecule has 4 heteroatoms. The van der Waals surface area contributed by atoms with E-state index in [-0.39, 0.29) is 0 Å². The van der Waals surface area contributed by atoms with Gasteiger partial charge in [-0.2, -0.15) is 15.0 Å². The molecule has 0 saturated heterocycles. The van der Waals surface area contributed by atoms with E-state index in [0.29, 0.717) is 6.04 Å². The van der Waals surface area contributed by atoms with E-state index in [1.807, 2.05) is 23.0 Å². The second-order valence-electron chi connectivity index (χ2n) is 5.15. The third kappa shape index (κ3) is 3.67. The lowest BCUT2D eigenvalue weighted by Gasteiger charge is -2.10. The van der Waals surface area contributed by atoms with Crippen molar-refractivity contribution in [3.63, 3.8) is 0 Å². The third-order valence-corrected chi connectivity index (χ3v) is 3.43. The molecule has 1 N–H and O–H groups in total. The highest BCUT2D eigenvalue weighted by atomic mass is 15.5. The van der Waals surface area contributed by atoms with E-state index in [2.05, 4.69) is 48.4 Å². The van der Waals surface area contributed by atoms with Crippen LogP contribution in [0.1, 0.15) is 39.3 Å². The van der Waals surface area contributed by atoms with E-state index < -0.39 is 0 Å². The molecule has 20 heavy (non-hydrogen) atoms. The molecule has 0 amide bonds. The molecule has 0 spiro atoms. The fraction of sp³-hybridized carbons (Fsp3) is 0.500. The Morgan fingerprint density at radius 1 is 1.15 bits per heavy atom. The molecule has 1 unspecified atom stereocenters. The lowest BCUT2D eigenvalue weighted by molar-refractivity contribution is 0.503. The Kier molecular flexibility index (Phi) is 5.30. The van der Waals surface area contributed by atoms with Gasteiger partial charge in [0.15, 0.2) is 0 Å². The molecule has 0 aliphatic carbocycles. The number of nitrogens with one attached hydrogen (secondary N) is 1. The molecule has 0 saturated carbocycles. The first-order valence-corrected chi connectivity index (χ1v) is 7.47. The van der Waals surface area contributed by atoms with Crippen LogP contribution < -0.4 is 5.32 Å². The lowest BCUT2D eigenvalue weighted by Crippen LogP contribution is -2.25. The summed E-state index contributed by atoms with van der Waals surface area (Å²) in [7, 11) is 0. The summed E-state index contributed by atoms with van der Waals surface area (Å²) < 4.78 is 0. The summed E-state index contributed by atoms with van der Waals surface area (Å²) >= 11 is 0. The molecule has 4 nitrogen and oxygen atoms in total. The van der Waals surface area contributed by atoms with Crippen LogP contribution in [0.25, 0.3) is 11.3 Å². The first-order valence-electron chi connectivity index (χ1n) is 7.47. The summed E-state index contributed by atoms with van der Waals surface area (Å²) in [6, 6.07) is 10.8. The van der Waals surface area contributed by atoms with Crippen LogP contribution in [0, 0.1) is 0 Å². The van der Waals surface area contributed by atoms with Gasteiger partial charge < -0.3 is 5.32 Å². The molecule has 2 aromatic rings. The van der Waals surface area contributed by atoms with E-state index in [1.165, 1.54) is 0 Å². The van der Waals surface area contributed by atoms with Crippen molar-refractivity contribution in [2.75, 3.05) is 0 Å². The Labute approximate surface area is 121 Å². The van der Waals surface area contributed by atoms with Crippen molar-refractivity contribution in [1.29, 1.82) is 0 Å². The number of benzene rings is 1. The average Bonchev–Trinajstić information content (AvgIpc) is 2.89. The van der Waals surface area contributed by atoms with Crippen molar-refractivity contribution in [2.24, 2.45) is 0 Å². The minimum absolute atomic E-state index is 0.495. The Morgan fingerprint density at radius 3 is 2.55 bits per heavy atom. The summed E-state index contributed by atoms with van der Waals surface area (Å²) in [5.74, 6) is 0. The third-order valence-electron chi connectivity index (χ3n) is 3.43. The van der Waals surface area contributed by atoms with Crippen LogP contribution in [-0.4, -0.2) is 21.0 Å². The number of hydrogen-bond donors (Lipinski definition) is 1. The van der Waals surface area contributed by atoms with Crippen molar-refractivity contribution in [3.05, 3.63) is 36.0 Å². The molecule has 1 atom stereocenters. The highest BCUT2D eigenvalue weighted by Gasteiger charge is 2.13. The van der Waals surface area contributed by atoms with Crippen LogP contribution in [0.4, 0.5) is 0 Å². The summed E-state index contributed by atoms with van der Waals surface area (Å²) in [4.78, 5) is 1.82. The number of aryl methyl sites for hydroxylation is 1. The average molecular weight is 272 g/mol. The van der Waals surface area contributed by atoms with Crippen LogP contribution in [0.15, 0.2) is 30.3 Å². The van der Waals surface area contributed by atoms with Gasteiger partial charge >= 0.3 is 0 Å². The van der Waals surface area contributed by atoms with Gasteiger partial charge in [-0.1, -0.05) is 44.2 Å². The first kappa shape index (κ1) is 14.7. The second kappa shape index (κ2) is 7.20. The Morgan fingerprint density at radius 2 is 1.90 bits per heavy atom.